The van der Waals surface area contributed by atoms with Gasteiger partial charge in [0, 0.05) is 42.6 Å². The number of nitrogens with one attached hydrogen (secondary N) is 1. The zero-order valence-corrected chi connectivity index (χ0v) is 22.7. The Kier molecular flexibility index (Phi) is 7.74. The minimum Gasteiger partial charge on any atom is -0.354 e. The number of rotatable bonds is 5. The predicted octanol–water partition coefficient (Wildman–Crippen LogP) is 6.76. The quantitative estimate of drug-likeness (QED) is 0.271. The number of benzene rings is 2. The van der Waals surface area contributed by atoms with Crippen LogP contribution in [-0.2, 0) is 12.6 Å². The SMILES string of the molecule is CCCc1nc(N2CCCN(C(=O)Nc3ccccc3Br)CC2)c2c(-c3cccc(C(F)(F)F)c3)noc2n1. The summed E-state index contributed by atoms with van der Waals surface area (Å²) in [6, 6.07) is 12.2. The van der Waals surface area contributed by atoms with Crippen molar-refractivity contribution in [2.45, 2.75) is 32.4 Å². The van der Waals surface area contributed by atoms with Crippen molar-refractivity contribution in [3.8, 4) is 11.3 Å². The van der Waals surface area contributed by atoms with E-state index in [4.69, 9.17) is 9.51 Å². The Labute approximate surface area is 231 Å². The molecule has 2 aromatic heterocycles. The lowest BCUT2D eigenvalue weighted by Crippen LogP contribution is -2.38. The molecule has 1 aliphatic rings. The van der Waals surface area contributed by atoms with Crippen molar-refractivity contribution in [1.29, 1.82) is 0 Å². The molecule has 2 aromatic carbocycles. The minimum absolute atomic E-state index is 0.210. The van der Waals surface area contributed by atoms with Crippen molar-refractivity contribution in [1.82, 2.24) is 20.0 Å². The van der Waals surface area contributed by atoms with Gasteiger partial charge in [0.1, 0.15) is 22.7 Å². The van der Waals surface area contributed by atoms with Crippen LogP contribution in [-0.4, -0.2) is 52.2 Å². The highest BCUT2D eigenvalue weighted by Crippen LogP contribution is 2.37. The lowest BCUT2D eigenvalue weighted by atomic mass is 10.1. The van der Waals surface area contributed by atoms with Gasteiger partial charge in [-0.05, 0) is 53.0 Å². The van der Waals surface area contributed by atoms with Crippen LogP contribution < -0.4 is 10.2 Å². The molecule has 204 valence electrons. The molecule has 1 saturated heterocycles. The third-order valence-corrected chi connectivity index (χ3v) is 7.19. The Morgan fingerprint density at radius 3 is 2.67 bits per heavy atom. The van der Waals surface area contributed by atoms with Crippen LogP contribution in [0.25, 0.3) is 22.4 Å². The van der Waals surface area contributed by atoms with Crippen molar-refractivity contribution in [2.24, 2.45) is 0 Å². The van der Waals surface area contributed by atoms with E-state index in [0.29, 0.717) is 61.7 Å². The molecule has 0 atom stereocenters. The minimum atomic E-state index is -4.49. The van der Waals surface area contributed by atoms with E-state index in [0.717, 1.165) is 23.0 Å². The van der Waals surface area contributed by atoms with Gasteiger partial charge in [-0.1, -0.05) is 36.3 Å². The third-order valence-electron chi connectivity index (χ3n) is 6.50. The van der Waals surface area contributed by atoms with Crippen LogP contribution in [0.1, 0.15) is 31.2 Å². The predicted molar refractivity (Wildman–Crippen MR) is 146 cm³/mol. The number of aromatic nitrogens is 3. The largest absolute Gasteiger partial charge is 0.416 e. The van der Waals surface area contributed by atoms with Gasteiger partial charge in [0.05, 0.1) is 11.3 Å². The monoisotopic (exact) mass is 602 g/mol. The number of alkyl halides is 3. The molecule has 12 heteroatoms. The average Bonchev–Trinajstić information content (AvgIpc) is 3.18. The first-order chi connectivity index (χ1) is 18.7. The average molecular weight is 603 g/mol. The van der Waals surface area contributed by atoms with Gasteiger partial charge in [-0.25, -0.2) is 9.78 Å². The highest BCUT2D eigenvalue weighted by molar-refractivity contribution is 9.10. The molecule has 3 heterocycles. The van der Waals surface area contributed by atoms with Crippen molar-refractivity contribution in [3.05, 3.63) is 64.4 Å². The van der Waals surface area contributed by atoms with Crippen LogP contribution in [0.15, 0.2) is 57.5 Å². The van der Waals surface area contributed by atoms with Crippen LogP contribution in [0.2, 0.25) is 0 Å². The Morgan fingerprint density at radius 1 is 1.08 bits per heavy atom. The van der Waals surface area contributed by atoms with Gasteiger partial charge in [0.25, 0.3) is 5.71 Å². The van der Waals surface area contributed by atoms with Crippen LogP contribution in [0.4, 0.5) is 29.5 Å². The topological polar surface area (TPSA) is 87.4 Å². The molecule has 8 nitrogen and oxygen atoms in total. The summed E-state index contributed by atoms with van der Waals surface area (Å²) < 4.78 is 46.6. The fraction of sp³-hybridized carbons (Fsp3) is 0.333. The Hall–Kier alpha value is -3.67. The van der Waals surface area contributed by atoms with Crippen molar-refractivity contribution >= 4 is 44.6 Å². The second kappa shape index (κ2) is 11.2. The van der Waals surface area contributed by atoms with Crippen LogP contribution in [0.5, 0.6) is 0 Å². The third kappa shape index (κ3) is 5.85. The number of urea groups is 1. The molecule has 0 bridgehead atoms. The molecular weight excluding hydrogens is 577 g/mol. The fourth-order valence-electron chi connectivity index (χ4n) is 4.57. The van der Waals surface area contributed by atoms with Gasteiger partial charge >= 0.3 is 12.2 Å². The van der Waals surface area contributed by atoms with Crippen molar-refractivity contribution in [2.75, 3.05) is 36.4 Å². The zero-order valence-electron chi connectivity index (χ0n) is 21.1. The Bertz CT molecular complexity index is 1490. The van der Waals surface area contributed by atoms with E-state index >= 15 is 0 Å². The first kappa shape index (κ1) is 26.9. The molecule has 0 saturated carbocycles. The number of aryl methyl sites for hydroxylation is 1. The summed E-state index contributed by atoms with van der Waals surface area (Å²) in [7, 11) is 0. The summed E-state index contributed by atoms with van der Waals surface area (Å²) in [5.74, 6) is 1.12. The van der Waals surface area contributed by atoms with Crippen LogP contribution in [0.3, 0.4) is 0 Å². The van der Waals surface area contributed by atoms with E-state index in [-0.39, 0.29) is 23.0 Å². The number of halogens is 4. The molecule has 1 N–H and O–H groups in total. The molecule has 0 unspecified atom stereocenters. The molecule has 0 radical (unpaired) electrons. The van der Waals surface area contributed by atoms with Crippen LogP contribution >= 0.6 is 15.9 Å². The van der Waals surface area contributed by atoms with E-state index in [1.807, 2.05) is 36.1 Å². The second-order valence-corrected chi connectivity index (χ2v) is 10.1. The summed E-state index contributed by atoms with van der Waals surface area (Å²) >= 11 is 3.45. The molecule has 1 aliphatic heterocycles. The number of amides is 2. The summed E-state index contributed by atoms with van der Waals surface area (Å²) in [4.78, 5) is 26.1. The van der Waals surface area contributed by atoms with Crippen molar-refractivity contribution in [3.63, 3.8) is 0 Å². The van der Waals surface area contributed by atoms with Gasteiger partial charge in [-0.15, -0.1) is 0 Å². The molecule has 5 rings (SSSR count). The van der Waals surface area contributed by atoms with Gasteiger partial charge in [-0.2, -0.15) is 18.2 Å². The molecule has 39 heavy (non-hydrogen) atoms. The van der Waals surface area contributed by atoms with Gasteiger partial charge in [-0.3, -0.25) is 0 Å². The highest BCUT2D eigenvalue weighted by atomic mass is 79.9. The second-order valence-electron chi connectivity index (χ2n) is 9.24. The maximum absolute atomic E-state index is 13.4. The number of para-hydroxylation sites is 1. The molecule has 4 aromatic rings. The molecular formula is C27H26BrF3N6O2. The number of carbonyl (C=O) groups is 1. The zero-order chi connectivity index (χ0) is 27.6. The normalized spacial score (nSPS) is 14.5. The van der Waals surface area contributed by atoms with E-state index in [1.54, 1.807) is 11.0 Å². The van der Waals surface area contributed by atoms with Crippen molar-refractivity contribution < 1.29 is 22.5 Å². The number of hydrogen-bond donors (Lipinski definition) is 1. The molecule has 1 fully saturated rings. The summed E-state index contributed by atoms with van der Waals surface area (Å²) in [5.41, 5.74) is 0.648. The standard InChI is InChI=1S/C27H26BrF3N6O2/c1-2-7-21-33-24(22-23(35-39-25(22)34-21)17-8-5-9-18(16-17)27(29,30)31)36-12-6-13-37(15-14-36)26(38)32-20-11-4-3-10-19(20)28/h3-5,8-11,16H,2,6-7,12-15H2,1H3,(H,32,38). The summed E-state index contributed by atoms with van der Waals surface area (Å²) in [6.07, 6.45) is -2.41. The number of carbonyl (C=O) groups excluding carboxylic acids is 1. The van der Waals surface area contributed by atoms with E-state index < -0.39 is 11.7 Å². The maximum Gasteiger partial charge on any atom is 0.416 e. The Morgan fingerprint density at radius 2 is 1.90 bits per heavy atom. The van der Waals surface area contributed by atoms with E-state index in [2.05, 4.69) is 31.4 Å². The number of fused-ring (bicyclic) bond motifs is 1. The highest BCUT2D eigenvalue weighted by Gasteiger charge is 2.32. The van der Waals surface area contributed by atoms with E-state index in [9.17, 15) is 18.0 Å². The summed E-state index contributed by atoms with van der Waals surface area (Å²) in [6.45, 7) is 4.02. The molecule has 0 spiro atoms. The van der Waals surface area contributed by atoms with Gasteiger partial charge in [0.2, 0.25) is 0 Å². The first-order valence-electron chi connectivity index (χ1n) is 12.6. The number of hydrogen-bond acceptors (Lipinski definition) is 6. The van der Waals surface area contributed by atoms with E-state index in [1.165, 1.54) is 6.07 Å². The van der Waals surface area contributed by atoms with Crippen LogP contribution in [0, 0.1) is 0 Å². The fourth-order valence-corrected chi connectivity index (χ4v) is 4.96. The van der Waals surface area contributed by atoms with Gasteiger partial charge in [0.15, 0.2) is 0 Å². The van der Waals surface area contributed by atoms with Gasteiger partial charge < -0.3 is 19.6 Å². The summed E-state index contributed by atoms with van der Waals surface area (Å²) in [5, 5.41) is 7.52. The molecule has 2 amide bonds. The number of nitrogens with zero attached hydrogens (tertiary/aromatic N) is 5. The number of anilines is 2. The Balaban J connectivity index is 1.46. The lowest BCUT2D eigenvalue weighted by molar-refractivity contribution is -0.137. The first-order valence-corrected chi connectivity index (χ1v) is 13.4. The molecule has 0 aliphatic carbocycles. The maximum atomic E-state index is 13.4. The smallest absolute Gasteiger partial charge is 0.354 e. The lowest BCUT2D eigenvalue weighted by Gasteiger charge is -2.24.